The second kappa shape index (κ2) is 9.88. The zero-order chi connectivity index (χ0) is 18.9. The van der Waals surface area contributed by atoms with Gasteiger partial charge in [-0.3, -0.25) is 4.39 Å². The van der Waals surface area contributed by atoms with E-state index >= 15 is 0 Å². The quantitative estimate of drug-likeness (QED) is 0.535. The number of hydrogen-bond acceptors (Lipinski definition) is 3. The summed E-state index contributed by atoms with van der Waals surface area (Å²) < 4.78 is 17.8. The number of carbonyl (C=O) groups excluding carboxylic acids is 1. The number of aliphatic hydroxyl groups excluding tert-OH is 1. The van der Waals surface area contributed by atoms with Gasteiger partial charge in [0.15, 0.2) is 0 Å². The van der Waals surface area contributed by atoms with Crippen molar-refractivity contribution in [1.82, 2.24) is 0 Å². The van der Waals surface area contributed by atoms with E-state index in [4.69, 9.17) is 9.84 Å². The lowest BCUT2D eigenvalue weighted by Gasteiger charge is -2.13. The van der Waals surface area contributed by atoms with Crippen molar-refractivity contribution < 1.29 is 19.0 Å². The maximum absolute atomic E-state index is 12.5. The van der Waals surface area contributed by atoms with Gasteiger partial charge in [0.05, 0.1) is 6.67 Å². The summed E-state index contributed by atoms with van der Waals surface area (Å²) >= 11 is 0. The van der Waals surface area contributed by atoms with E-state index in [1.165, 1.54) is 0 Å². The van der Waals surface area contributed by atoms with E-state index in [2.05, 4.69) is 6.58 Å². The molecule has 0 saturated carbocycles. The van der Waals surface area contributed by atoms with Gasteiger partial charge in [0.1, 0.15) is 6.61 Å². The minimum absolute atomic E-state index is 0.116. The van der Waals surface area contributed by atoms with E-state index in [1.54, 1.807) is 6.92 Å². The first-order chi connectivity index (χ1) is 12.5. The Morgan fingerprint density at radius 2 is 1.81 bits per heavy atom. The molecule has 138 valence electrons. The number of carbonyl (C=O) groups is 1. The summed E-state index contributed by atoms with van der Waals surface area (Å²) in [6.45, 7) is 5.11. The van der Waals surface area contributed by atoms with Crippen molar-refractivity contribution >= 4 is 5.97 Å². The molecule has 0 saturated heterocycles. The Balaban J connectivity index is 2.30. The van der Waals surface area contributed by atoms with Crippen LogP contribution in [0.15, 0.2) is 54.6 Å². The molecule has 3 nitrogen and oxygen atoms in total. The number of rotatable bonds is 9. The number of hydrogen-bond donors (Lipinski definition) is 1. The molecule has 0 bridgehead atoms. The van der Waals surface area contributed by atoms with Crippen LogP contribution < -0.4 is 0 Å². The van der Waals surface area contributed by atoms with Crippen LogP contribution in [0.2, 0.25) is 0 Å². The molecule has 0 spiro atoms. The number of aliphatic hydroxyl groups is 1. The zero-order valence-corrected chi connectivity index (χ0v) is 15.1. The molecule has 2 aromatic carbocycles. The van der Waals surface area contributed by atoms with Gasteiger partial charge in [-0.25, -0.2) is 4.79 Å². The monoisotopic (exact) mass is 356 g/mol. The lowest BCUT2D eigenvalue weighted by atomic mass is 9.95. The smallest absolute Gasteiger partial charge is 0.333 e. The Labute approximate surface area is 154 Å². The van der Waals surface area contributed by atoms with Crippen LogP contribution in [-0.4, -0.2) is 24.4 Å². The first-order valence-electron chi connectivity index (χ1n) is 8.75. The standard InChI is InChI=1S/C22H25FO3/c1-16(2)22(25)26-15-20-14-18(4-3-12-23)7-10-21(20)19-8-5-17(6-9-19)11-13-24/h5-10,14,24H,1,3-4,11-13,15H2,2H3. The lowest BCUT2D eigenvalue weighted by Crippen LogP contribution is -2.06. The lowest BCUT2D eigenvalue weighted by molar-refractivity contribution is -0.140. The number of halogens is 1. The van der Waals surface area contributed by atoms with Crippen LogP contribution in [0.1, 0.15) is 30.0 Å². The van der Waals surface area contributed by atoms with Crippen molar-refractivity contribution in [2.45, 2.75) is 32.8 Å². The predicted molar refractivity (Wildman–Crippen MR) is 102 cm³/mol. The number of esters is 1. The second-order valence-electron chi connectivity index (χ2n) is 6.31. The normalized spacial score (nSPS) is 10.6. The van der Waals surface area contributed by atoms with Gasteiger partial charge >= 0.3 is 5.97 Å². The van der Waals surface area contributed by atoms with Crippen LogP contribution >= 0.6 is 0 Å². The second-order valence-corrected chi connectivity index (χ2v) is 6.31. The van der Waals surface area contributed by atoms with Crippen molar-refractivity contribution in [3.63, 3.8) is 0 Å². The summed E-state index contributed by atoms with van der Waals surface area (Å²) in [5.41, 5.74) is 5.29. The van der Waals surface area contributed by atoms with Gasteiger partial charge in [-0.15, -0.1) is 0 Å². The summed E-state index contributed by atoms with van der Waals surface area (Å²) in [4.78, 5) is 11.7. The Hall–Kier alpha value is -2.46. The molecule has 26 heavy (non-hydrogen) atoms. The van der Waals surface area contributed by atoms with Crippen molar-refractivity contribution in [2.24, 2.45) is 0 Å². The fraction of sp³-hybridized carbons (Fsp3) is 0.318. The van der Waals surface area contributed by atoms with Crippen LogP contribution in [0, 0.1) is 0 Å². The Kier molecular flexibility index (Phi) is 7.54. The number of benzene rings is 2. The van der Waals surface area contributed by atoms with Gasteiger partial charge in [0, 0.05) is 12.2 Å². The van der Waals surface area contributed by atoms with Crippen LogP contribution in [0.25, 0.3) is 11.1 Å². The maximum Gasteiger partial charge on any atom is 0.333 e. The average molecular weight is 356 g/mol. The number of ether oxygens (including phenoxy) is 1. The predicted octanol–water partition coefficient (Wildman–Crippen LogP) is 4.41. The van der Waals surface area contributed by atoms with Gasteiger partial charge in [-0.2, -0.15) is 0 Å². The molecule has 0 fully saturated rings. The average Bonchev–Trinajstić information content (AvgIpc) is 2.65. The van der Waals surface area contributed by atoms with Gasteiger partial charge in [0.25, 0.3) is 0 Å². The Bertz CT molecular complexity index is 750. The molecule has 0 unspecified atom stereocenters. The third-order valence-electron chi connectivity index (χ3n) is 4.14. The zero-order valence-electron chi connectivity index (χ0n) is 15.1. The minimum Gasteiger partial charge on any atom is -0.457 e. The molecular formula is C22H25FO3. The van der Waals surface area contributed by atoms with Gasteiger partial charge in [0.2, 0.25) is 0 Å². The van der Waals surface area contributed by atoms with E-state index in [9.17, 15) is 9.18 Å². The van der Waals surface area contributed by atoms with E-state index < -0.39 is 5.97 Å². The summed E-state index contributed by atoms with van der Waals surface area (Å²) in [6.07, 6.45) is 1.74. The molecule has 1 N–H and O–H groups in total. The number of aryl methyl sites for hydroxylation is 1. The van der Waals surface area contributed by atoms with Crippen LogP contribution in [0.4, 0.5) is 4.39 Å². The van der Waals surface area contributed by atoms with Crippen LogP contribution in [-0.2, 0) is 29.0 Å². The Morgan fingerprint density at radius 3 is 2.42 bits per heavy atom. The SMILES string of the molecule is C=C(C)C(=O)OCc1cc(CCCF)ccc1-c1ccc(CCO)cc1. The fourth-order valence-electron chi connectivity index (χ4n) is 2.72. The van der Waals surface area contributed by atoms with E-state index in [-0.39, 0.29) is 19.9 Å². The molecule has 0 aliphatic heterocycles. The Morgan fingerprint density at radius 1 is 1.12 bits per heavy atom. The van der Waals surface area contributed by atoms with Crippen molar-refractivity contribution in [2.75, 3.05) is 13.3 Å². The molecule has 2 rings (SSSR count). The first-order valence-corrected chi connectivity index (χ1v) is 8.75. The molecule has 2 aromatic rings. The minimum atomic E-state index is -0.427. The highest BCUT2D eigenvalue weighted by atomic mass is 19.1. The van der Waals surface area contributed by atoms with Gasteiger partial charge in [-0.1, -0.05) is 49.0 Å². The molecule has 0 aliphatic carbocycles. The van der Waals surface area contributed by atoms with E-state index in [0.29, 0.717) is 24.8 Å². The summed E-state index contributed by atoms with van der Waals surface area (Å²) in [7, 11) is 0. The summed E-state index contributed by atoms with van der Waals surface area (Å²) in [5, 5.41) is 9.04. The van der Waals surface area contributed by atoms with Crippen molar-refractivity contribution in [3.8, 4) is 11.1 Å². The molecule has 0 heterocycles. The maximum atomic E-state index is 12.5. The fourth-order valence-corrected chi connectivity index (χ4v) is 2.72. The molecule has 0 aliphatic rings. The van der Waals surface area contributed by atoms with Crippen molar-refractivity contribution in [1.29, 1.82) is 0 Å². The molecule has 0 amide bonds. The molecule has 0 atom stereocenters. The molecular weight excluding hydrogens is 331 g/mol. The number of alkyl halides is 1. The molecule has 4 heteroatoms. The highest BCUT2D eigenvalue weighted by Gasteiger charge is 2.10. The highest BCUT2D eigenvalue weighted by molar-refractivity contribution is 5.87. The van der Waals surface area contributed by atoms with Gasteiger partial charge < -0.3 is 9.84 Å². The third-order valence-corrected chi connectivity index (χ3v) is 4.14. The largest absolute Gasteiger partial charge is 0.457 e. The first kappa shape index (κ1) is 19.9. The highest BCUT2D eigenvalue weighted by Crippen LogP contribution is 2.27. The van der Waals surface area contributed by atoms with Crippen LogP contribution in [0.3, 0.4) is 0 Å². The summed E-state index contributed by atoms with van der Waals surface area (Å²) in [6, 6.07) is 13.9. The van der Waals surface area contributed by atoms with Crippen LogP contribution in [0.5, 0.6) is 0 Å². The van der Waals surface area contributed by atoms with Gasteiger partial charge in [-0.05, 0) is 54.0 Å². The molecule has 0 aromatic heterocycles. The van der Waals surface area contributed by atoms with E-state index in [1.807, 2.05) is 42.5 Å². The topological polar surface area (TPSA) is 46.5 Å². The van der Waals surface area contributed by atoms with E-state index in [0.717, 1.165) is 27.8 Å². The van der Waals surface area contributed by atoms with Crippen molar-refractivity contribution in [3.05, 3.63) is 71.3 Å². The third kappa shape index (κ3) is 5.53. The summed E-state index contributed by atoms with van der Waals surface area (Å²) in [5.74, 6) is -0.427. The molecule has 0 radical (unpaired) electrons.